The average molecular weight is 322 g/mol. The summed E-state index contributed by atoms with van der Waals surface area (Å²) >= 11 is 2.22. The second kappa shape index (κ2) is 5.25. The highest BCUT2D eigenvalue weighted by atomic mass is 127. The third-order valence-electron chi connectivity index (χ3n) is 2.35. The van der Waals surface area contributed by atoms with Crippen molar-refractivity contribution in [3.63, 3.8) is 0 Å². The molecule has 2 aromatic rings. The van der Waals surface area contributed by atoms with Crippen LogP contribution in [0.4, 0.5) is 0 Å². The Morgan fingerprint density at radius 3 is 2.44 bits per heavy atom. The van der Waals surface area contributed by atoms with E-state index in [1.165, 1.54) is 0 Å². The molecule has 0 saturated heterocycles. The maximum atomic E-state index is 12.0. The molecule has 0 aliphatic heterocycles. The Hall–Kier alpha value is -1.16. The number of hydrogen-bond donors (Lipinski definition) is 0. The number of rotatable bonds is 3. The van der Waals surface area contributed by atoms with Crippen molar-refractivity contribution in [2.75, 3.05) is 0 Å². The molecule has 0 atom stereocenters. The molecule has 0 aromatic heterocycles. The Kier molecular flexibility index (Phi) is 3.72. The highest BCUT2D eigenvalue weighted by Gasteiger charge is 2.06. The van der Waals surface area contributed by atoms with Gasteiger partial charge >= 0.3 is 0 Å². The van der Waals surface area contributed by atoms with Crippen LogP contribution in [0.1, 0.15) is 15.9 Å². The molecule has 0 spiro atoms. The maximum Gasteiger partial charge on any atom is 0.167 e. The Morgan fingerprint density at radius 2 is 1.75 bits per heavy atom. The van der Waals surface area contributed by atoms with Crippen LogP contribution in [-0.2, 0) is 6.42 Å². The van der Waals surface area contributed by atoms with Crippen LogP contribution in [0.2, 0.25) is 0 Å². The number of ketones is 1. The number of carbonyl (C=O) groups is 1. The van der Waals surface area contributed by atoms with Gasteiger partial charge in [-0.05, 0) is 40.3 Å². The first-order valence-corrected chi connectivity index (χ1v) is 6.16. The predicted octanol–water partition coefficient (Wildman–Crippen LogP) is 3.72. The minimum atomic E-state index is 0.171. The molecule has 0 heterocycles. The van der Waals surface area contributed by atoms with E-state index in [0.29, 0.717) is 6.42 Å². The van der Waals surface area contributed by atoms with Gasteiger partial charge in [-0.2, -0.15) is 0 Å². The molecule has 0 saturated carbocycles. The van der Waals surface area contributed by atoms with Gasteiger partial charge in [0.15, 0.2) is 5.78 Å². The zero-order valence-electron chi connectivity index (χ0n) is 8.69. The van der Waals surface area contributed by atoms with Crippen molar-refractivity contribution >= 4 is 28.4 Å². The van der Waals surface area contributed by atoms with E-state index >= 15 is 0 Å². The number of carbonyl (C=O) groups excluding carboxylic acids is 1. The van der Waals surface area contributed by atoms with E-state index in [-0.39, 0.29) is 5.78 Å². The summed E-state index contributed by atoms with van der Waals surface area (Å²) in [4.78, 5) is 12.0. The highest BCUT2D eigenvalue weighted by molar-refractivity contribution is 14.1. The first kappa shape index (κ1) is 11.3. The van der Waals surface area contributed by atoms with Crippen molar-refractivity contribution in [3.8, 4) is 0 Å². The quantitative estimate of drug-likeness (QED) is 0.622. The zero-order chi connectivity index (χ0) is 11.4. The monoisotopic (exact) mass is 322 g/mol. The second-order valence-electron chi connectivity index (χ2n) is 3.60. The van der Waals surface area contributed by atoms with Crippen LogP contribution >= 0.6 is 22.6 Å². The Morgan fingerprint density at radius 1 is 1.00 bits per heavy atom. The lowest BCUT2D eigenvalue weighted by atomic mass is 10.0. The van der Waals surface area contributed by atoms with Gasteiger partial charge in [-0.25, -0.2) is 0 Å². The molecular formula is C14H11IO. The molecule has 1 nitrogen and oxygen atoms in total. The number of benzene rings is 2. The second-order valence-corrected chi connectivity index (χ2v) is 4.84. The topological polar surface area (TPSA) is 17.1 Å². The van der Waals surface area contributed by atoms with E-state index < -0.39 is 0 Å². The van der Waals surface area contributed by atoms with E-state index in [9.17, 15) is 4.79 Å². The summed E-state index contributed by atoms with van der Waals surface area (Å²) in [6, 6.07) is 17.5. The Balaban J connectivity index is 2.15. The molecular weight excluding hydrogens is 311 g/mol. The van der Waals surface area contributed by atoms with Gasteiger partial charge in [-0.3, -0.25) is 4.79 Å². The molecule has 0 N–H and O–H groups in total. The molecule has 0 aliphatic carbocycles. The lowest BCUT2D eigenvalue weighted by molar-refractivity contribution is 0.0993. The highest BCUT2D eigenvalue weighted by Crippen LogP contribution is 2.11. The van der Waals surface area contributed by atoms with Crippen LogP contribution in [0.25, 0.3) is 0 Å². The molecule has 0 amide bonds. The Labute approximate surface area is 109 Å². The van der Waals surface area contributed by atoms with Crippen molar-refractivity contribution in [2.45, 2.75) is 6.42 Å². The van der Waals surface area contributed by atoms with Crippen molar-refractivity contribution in [3.05, 3.63) is 69.3 Å². The van der Waals surface area contributed by atoms with Crippen molar-refractivity contribution in [1.29, 1.82) is 0 Å². The van der Waals surface area contributed by atoms with Gasteiger partial charge < -0.3 is 0 Å². The molecule has 0 unspecified atom stereocenters. The van der Waals surface area contributed by atoms with E-state index in [1.807, 2.05) is 54.6 Å². The summed E-state index contributed by atoms with van der Waals surface area (Å²) in [6.45, 7) is 0. The molecule has 2 rings (SSSR count). The molecule has 0 aliphatic rings. The van der Waals surface area contributed by atoms with Gasteiger partial charge in [0.2, 0.25) is 0 Å². The molecule has 2 aromatic carbocycles. The number of hydrogen-bond acceptors (Lipinski definition) is 1. The summed E-state index contributed by atoms with van der Waals surface area (Å²) in [7, 11) is 0. The van der Waals surface area contributed by atoms with Crippen molar-refractivity contribution in [1.82, 2.24) is 0 Å². The summed E-state index contributed by atoms with van der Waals surface area (Å²) in [6.07, 6.45) is 0.473. The molecule has 0 fully saturated rings. The van der Waals surface area contributed by atoms with Crippen LogP contribution in [0.3, 0.4) is 0 Å². The molecule has 16 heavy (non-hydrogen) atoms. The van der Waals surface area contributed by atoms with Crippen LogP contribution in [0, 0.1) is 3.57 Å². The summed E-state index contributed by atoms with van der Waals surface area (Å²) in [5.74, 6) is 0.171. The maximum absolute atomic E-state index is 12.0. The first-order valence-electron chi connectivity index (χ1n) is 5.08. The zero-order valence-corrected chi connectivity index (χ0v) is 10.8. The smallest absolute Gasteiger partial charge is 0.167 e. The molecule has 0 radical (unpaired) electrons. The summed E-state index contributed by atoms with van der Waals surface area (Å²) in [5.41, 5.74) is 1.85. The van der Waals surface area contributed by atoms with Crippen LogP contribution in [-0.4, -0.2) is 5.78 Å². The van der Waals surface area contributed by atoms with Gasteiger partial charge in [0.25, 0.3) is 0 Å². The fraction of sp³-hybridized carbons (Fsp3) is 0.0714. The molecule has 80 valence electrons. The van der Waals surface area contributed by atoms with E-state index in [0.717, 1.165) is 14.7 Å². The third kappa shape index (κ3) is 2.92. The van der Waals surface area contributed by atoms with E-state index in [1.54, 1.807) is 0 Å². The van der Waals surface area contributed by atoms with Crippen molar-refractivity contribution in [2.24, 2.45) is 0 Å². The standard InChI is InChI=1S/C14H11IO/c15-13-8-4-7-12(10-13)14(16)9-11-5-2-1-3-6-11/h1-8,10H,9H2. The normalized spacial score (nSPS) is 10.1. The predicted molar refractivity (Wildman–Crippen MR) is 73.6 cm³/mol. The summed E-state index contributed by atoms with van der Waals surface area (Å²) < 4.78 is 1.09. The Bertz CT molecular complexity index is 491. The van der Waals surface area contributed by atoms with Gasteiger partial charge in [-0.1, -0.05) is 42.5 Å². The van der Waals surface area contributed by atoms with Crippen LogP contribution < -0.4 is 0 Å². The lowest BCUT2D eigenvalue weighted by Crippen LogP contribution is -2.03. The fourth-order valence-corrected chi connectivity index (χ4v) is 2.09. The minimum absolute atomic E-state index is 0.171. The average Bonchev–Trinajstić information content (AvgIpc) is 2.30. The lowest BCUT2D eigenvalue weighted by Gasteiger charge is -2.01. The van der Waals surface area contributed by atoms with Gasteiger partial charge in [0.05, 0.1) is 0 Å². The third-order valence-corrected chi connectivity index (χ3v) is 3.03. The minimum Gasteiger partial charge on any atom is -0.294 e. The SMILES string of the molecule is O=C(Cc1ccccc1)c1cccc(I)c1. The van der Waals surface area contributed by atoms with Gasteiger partial charge in [0, 0.05) is 15.6 Å². The largest absolute Gasteiger partial charge is 0.294 e. The van der Waals surface area contributed by atoms with Gasteiger partial charge in [0.1, 0.15) is 0 Å². The molecule has 2 heteroatoms. The van der Waals surface area contributed by atoms with Crippen LogP contribution in [0.15, 0.2) is 54.6 Å². The van der Waals surface area contributed by atoms with Gasteiger partial charge in [-0.15, -0.1) is 0 Å². The molecule has 0 bridgehead atoms. The van der Waals surface area contributed by atoms with E-state index in [2.05, 4.69) is 22.6 Å². The summed E-state index contributed by atoms with van der Waals surface area (Å²) in [5, 5.41) is 0. The first-order chi connectivity index (χ1) is 7.75. The number of Topliss-reactive ketones (excluding diaryl/α,β-unsaturated/α-hetero) is 1. The number of halogens is 1. The van der Waals surface area contributed by atoms with Crippen molar-refractivity contribution < 1.29 is 4.79 Å². The fourth-order valence-electron chi connectivity index (χ4n) is 1.55. The van der Waals surface area contributed by atoms with E-state index in [4.69, 9.17) is 0 Å². The van der Waals surface area contributed by atoms with Crippen LogP contribution in [0.5, 0.6) is 0 Å².